The summed E-state index contributed by atoms with van der Waals surface area (Å²) in [5.41, 5.74) is 6.93. The molecule has 2 rings (SSSR count). The van der Waals surface area contributed by atoms with Crippen molar-refractivity contribution in [2.24, 2.45) is 0 Å². The van der Waals surface area contributed by atoms with Gasteiger partial charge in [-0.25, -0.2) is 17.7 Å². The van der Waals surface area contributed by atoms with Gasteiger partial charge in [-0.1, -0.05) is 13.0 Å². The Morgan fingerprint density at radius 2 is 2.05 bits per heavy atom. The van der Waals surface area contributed by atoms with Crippen LogP contribution in [0.3, 0.4) is 0 Å². The van der Waals surface area contributed by atoms with E-state index in [1.165, 1.54) is 20.2 Å². The molecule has 1 aromatic carbocycles. The Balaban J connectivity index is 2.65. The molecular weight excluding hydrogens is 276 g/mol. The lowest BCUT2D eigenvalue weighted by Crippen LogP contribution is -2.23. The van der Waals surface area contributed by atoms with Crippen molar-refractivity contribution in [3.63, 3.8) is 0 Å². The number of nitrogen functional groups attached to an aromatic ring is 1. The third-order valence-corrected chi connectivity index (χ3v) is 4.97. The van der Waals surface area contributed by atoms with E-state index in [9.17, 15) is 8.42 Å². The quantitative estimate of drug-likeness (QED) is 0.861. The normalized spacial score (nSPS) is 12.0. The molecule has 0 aliphatic carbocycles. The molecule has 0 amide bonds. The summed E-state index contributed by atoms with van der Waals surface area (Å²) in [6.07, 6.45) is 4.18. The molecule has 1 heterocycles. The van der Waals surface area contributed by atoms with Gasteiger partial charge in [0.1, 0.15) is 10.7 Å². The summed E-state index contributed by atoms with van der Waals surface area (Å²) in [5, 5.41) is 0. The molecule has 0 bridgehead atoms. The van der Waals surface area contributed by atoms with Gasteiger partial charge in [-0.3, -0.25) is 0 Å². The van der Waals surface area contributed by atoms with Gasteiger partial charge in [0.25, 0.3) is 0 Å². The molecule has 0 radical (unpaired) electrons. The predicted octanol–water partition coefficient (Wildman–Crippen LogP) is 1.27. The number of benzene rings is 1. The average Bonchev–Trinajstić information content (AvgIpc) is 2.86. The van der Waals surface area contributed by atoms with Crippen LogP contribution in [-0.2, 0) is 16.4 Å². The molecule has 0 spiro atoms. The van der Waals surface area contributed by atoms with Crippen molar-refractivity contribution in [2.45, 2.75) is 18.2 Å². The minimum absolute atomic E-state index is 0.107. The van der Waals surface area contributed by atoms with Crippen LogP contribution in [0.4, 0.5) is 5.69 Å². The van der Waals surface area contributed by atoms with E-state index in [0.717, 1.165) is 16.6 Å². The van der Waals surface area contributed by atoms with Crippen LogP contribution in [0.5, 0.6) is 0 Å². The van der Waals surface area contributed by atoms with Crippen molar-refractivity contribution in [3.8, 4) is 5.69 Å². The number of nitrogens with zero attached hydrogens (tertiary/aromatic N) is 3. The van der Waals surface area contributed by atoms with E-state index >= 15 is 0 Å². The van der Waals surface area contributed by atoms with Crippen LogP contribution in [-0.4, -0.2) is 36.4 Å². The molecule has 2 N–H and O–H groups in total. The fraction of sp³-hybridized carbons (Fsp3) is 0.308. The Kier molecular flexibility index (Phi) is 3.82. The molecular formula is C13H18N4O2S. The standard InChI is InChI=1S/C13H18N4O2S/c1-4-12-15-8-9-17(12)10-6-5-7-11(13(10)14)20(18,19)16(2)3/h5-9H,4,14H2,1-3H3. The van der Waals surface area contributed by atoms with Crippen molar-refractivity contribution in [3.05, 3.63) is 36.4 Å². The average molecular weight is 294 g/mol. The Morgan fingerprint density at radius 3 is 2.65 bits per heavy atom. The van der Waals surface area contributed by atoms with Crippen LogP contribution in [0.25, 0.3) is 5.69 Å². The van der Waals surface area contributed by atoms with Crippen LogP contribution in [0, 0.1) is 0 Å². The minimum atomic E-state index is -3.57. The highest BCUT2D eigenvalue weighted by atomic mass is 32.2. The maximum atomic E-state index is 12.3. The zero-order valence-corrected chi connectivity index (χ0v) is 12.6. The van der Waals surface area contributed by atoms with Crippen molar-refractivity contribution in [1.82, 2.24) is 13.9 Å². The monoisotopic (exact) mass is 294 g/mol. The lowest BCUT2D eigenvalue weighted by Gasteiger charge is -2.16. The van der Waals surface area contributed by atoms with E-state index in [1.54, 1.807) is 24.5 Å². The predicted molar refractivity (Wildman–Crippen MR) is 78.2 cm³/mol. The summed E-state index contributed by atoms with van der Waals surface area (Å²) in [5.74, 6) is 0.830. The van der Waals surface area contributed by atoms with E-state index < -0.39 is 10.0 Å². The molecule has 0 fully saturated rings. The van der Waals surface area contributed by atoms with Crippen molar-refractivity contribution in [2.75, 3.05) is 19.8 Å². The van der Waals surface area contributed by atoms with Gasteiger partial charge in [0.2, 0.25) is 10.0 Å². The first-order valence-corrected chi connectivity index (χ1v) is 7.67. The van der Waals surface area contributed by atoms with Crippen molar-refractivity contribution in [1.29, 1.82) is 0 Å². The topological polar surface area (TPSA) is 81.2 Å². The zero-order valence-electron chi connectivity index (χ0n) is 11.7. The maximum absolute atomic E-state index is 12.3. The molecule has 0 unspecified atom stereocenters. The summed E-state index contributed by atoms with van der Waals surface area (Å²) >= 11 is 0. The van der Waals surface area contributed by atoms with Crippen LogP contribution in [0.1, 0.15) is 12.7 Å². The second-order valence-electron chi connectivity index (χ2n) is 4.54. The number of para-hydroxylation sites is 1. The number of rotatable bonds is 4. The highest BCUT2D eigenvalue weighted by Crippen LogP contribution is 2.27. The first-order valence-electron chi connectivity index (χ1n) is 6.23. The first-order chi connectivity index (χ1) is 9.39. The van der Waals surface area contributed by atoms with Gasteiger partial charge >= 0.3 is 0 Å². The summed E-state index contributed by atoms with van der Waals surface area (Å²) in [6.45, 7) is 1.98. The van der Waals surface area contributed by atoms with Crippen molar-refractivity contribution >= 4 is 15.7 Å². The molecule has 108 valence electrons. The van der Waals surface area contributed by atoms with E-state index in [-0.39, 0.29) is 10.6 Å². The molecule has 2 aromatic rings. The Hall–Kier alpha value is -1.86. The minimum Gasteiger partial charge on any atom is -0.396 e. The van der Waals surface area contributed by atoms with Gasteiger partial charge < -0.3 is 10.3 Å². The lowest BCUT2D eigenvalue weighted by atomic mass is 10.2. The number of sulfonamides is 1. The second kappa shape index (κ2) is 5.26. The van der Waals surface area contributed by atoms with Gasteiger partial charge in [0.05, 0.1) is 11.4 Å². The SMILES string of the molecule is CCc1nccn1-c1cccc(S(=O)(=O)N(C)C)c1N. The Morgan fingerprint density at radius 1 is 1.35 bits per heavy atom. The van der Waals surface area contributed by atoms with E-state index in [1.807, 2.05) is 11.5 Å². The van der Waals surface area contributed by atoms with Crippen LogP contribution in [0.2, 0.25) is 0 Å². The van der Waals surface area contributed by atoms with Crippen LogP contribution < -0.4 is 5.73 Å². The number of anilines is 1. The molecule has 20 heavy (non-hydrogen) atoms. The number of imidazole rings is 1. The highest BCUT2D eigenvalue weighted by molar-refractivity contribution is 7.89. The van der Waals surface area contributed by atoms with E-state index in [4.69, 9.17) is 5.73 Å². The molecule has 7 heteroatoms. The highest BCUT2D eigenvalue weighted by Gasteiger charge is 2.22. The van der Waals surface area contributed by atoms with Gasteiger partial charge in [0, 0.05) is 32.9 Å². The molecule has 1 aromatic heterocycles. The smallest absolute Gasteiger partial charge is 0.244 e. The first kappa shape index (κ1) is 14.5. The van der Waals surface area contributed by atoms with Crippen LogP contribution in [0.15, 0.2) is 35.5 Å². The fourth-order valence-corrected chi connectivity index (χ4v) is 3.01. The number of hydrogen-bond acceptors (Lipinski definition) is 4. The lowest BCUT2D eigenvalue weighted by molar-refractivity contribution is 0.521. The summed E-state index contributed by atoms with van der Waals surface area (Å²) in [7, 11) is -0.602. The molecule has 6 nitrogen and oxygen atoms in total. The van der Waals surface area contributed by atoms with Gasteiger partial charge in [-0.05, 0) is 12.1 Å². The van der Waals surface area contributed by atoms with Gasteiger partial charge in [0.15, 0.2) is 0 Å². The number of aromatic nitrogens is 2. The largest absolute Gasteiger partial charge is 0.396 e. The van der Waals surface area contributed by atoms with Crippen molar-refractivity contribution < 1.29 is 8.42 Å². The third kappa shape index (κ3) is 2.30. The second-order valence-corrected chi connectivity index (χ2v) is 6.66. The Labute approximate surface area is 118 Å². The number of aryl methyl sites for hydroxylation is 1. The summed E-state index contributed by atoms with van der Waals surface area (Å²) in [6, 6.07) is 4.98. The number of nitrogens with two attached hydrogens (primary N) is 1. The number of hydrogen-bond donors (Lipinski definition) is 1. The van der Waals surface area contributed by atoms with E-state index in [0.29, 0.717) is 5.69 Å². The zero-order chi connectivity index (χ0) is 14.9. The summed E-state index contributed by atoms with van der Waals surface area (Å²) in [4.78, 5) is 4.33. The molecule has 0 saturated heterocycles. The molecule has 0 saturated carbocycles. The maximum Gasteiger partial charge on any atom is 0.244 e. The molecule has 0 atom stereocenters. The summed E-state index contributed by atoms with van der Waals surface area (Å²) < 4.78 is 27.5. The van der Waals surface area contributed by atoms with Crippen LogP contribution >= 0.6 is 0 Å². The van der Waals surface area contributed by atoms with Gasteiger partial charge in [-0.2, -0.15) is 0 Å². The molecule has 0 aliphatic rings. The third-order valence-electron chi connectivity index (χ3n) is 3.09. The Bertz CT molecular complexity index is 720. The fourth-order valence-electron chi connectivity index (χ4n) is 1.98. The van der Waals surface area contributed by atoms with E-state index in [2.05, 4.69) is 4.98 Å². The van der Waals surface area contributed by atoms with Gasteiger partial charge in [-0.15, -0.1) is 0 Å². The molecule has 0 aliphatic heterocycles.